The number of carbonyl (C=O) groups excluding carboxylic acids is 2. The fourth-order valence-electron chi connectivity index (χ4n) is 2.88. The van der Waals surface area contributed by atoms with Gasteiger partial charge in [-0.15, -0.1) is 0 Å². The molecule has 0 aliphatic heterocycles. The largest absolute Gasteiger partial charge is 0.490 e. The van der Waals surface area contributed by atoms with E-state index in [1.54, 1.807) is 27.7 Å². The normalized spacial score (nSPS) is 14.3. The van der Waals surface area contributed by atoms with Gasteiger partial charge in [-0.3, -0.25) is 18.7 Å². The maximum Gasteiger partial charge on any atom is 0.366 e. The van der Waals surface area contributed by atoms with E-state index in [9.17, 15) is 14.2 Å². The zero-order valence-electron chi connectivity index (χ0n) is 20.8. The van der Waals surface area contributed by atoms with Crippen molar-refractivity contribution in [2.75, 3.05) is 26.4 Å². The second-order valence-corrected chi connectivity index (χ2v) is 8.76. The molecule has 34 heavy (non-hydrogen) atoms. The Balaban J connectivity index is 3.96. The monoisotopic (exact) mass is 498 g/mol. The highest BCUT2D eigenvalue weighted by molar-refractivity contribution is 7.62. The minimum absolute atomic E-state index is 0.00132. The highest BCUT2D eigenvalue weighted by Crippen LogP contribution is 2.56. The summed E-state index contributed by atoms with van der Waals surface area (Å²) in [6.07, 6.45) is 0.132. The van der Waals surface area contributed by atoms with Gasteiger partial charge in [0.25, 0.3) is 0 Å². The minimum Gasteiger partial charge on any atom is -0.490 e. The van der Waals surface area contributed by atoms with Crippen molar-refractivity contribution in [2.24, 2.45) is 0 Å². The van der Waals surface area contributed by atoms with Gasteiger partial charge in [0.1, 0.15) is 11.4 Å². The summed E-state index contributed by atoms with van der Waals surface area (Å²) in [5, 5.41) is -0.0277. The predicted octanol–water partition coefficient (Wildman–Crippen LogP) is 4.42. The molecule has 0 aromatic heterocycles. The van der Waals surface area contributed by atoms with Crippen molar-refractivity contribution in [3.63, 3.8) is 0 Å². The Labute approximate surface area is 201 Å². The molecule has 10 heteroatoms. The third-order valence-electron chi connectivity index (χ3n) is 4.40. The van der Waals surface area contributed by atoms with Crippen molar-refractivity contribution < 1.29 is 42.1 Å². The summed E-state index contributed by atoms with van der Waals surface area (Å²) in [7, 11) is -4.17. The number of hydrogen-bond acceptors (Lipinski definition) is 9. The van der Waals surface area contributed by atoms with Crippen molar-refractivity contribution in [2.45, 2.75) is 53.8 Å². The van der Waals surface area contributed by atoms with E-state index in [0.717, 1.165) is 12.2 Å². The van der Waals surface area contributed by atoms with Gasteiger partial charge in [-0.25, -0.2) is 0 Å². The molecule has 1 rings (SSSR count). The first-order chi connectivity index (χ1) is 16.1. The molecule has 3 unspecified atom stereocenters. The van der Waals surface area contributed by atoms with Crippen molar-refractivity contribution in [1.82, 2.24) is 0 Å². The molecule has 0 saturated heterocycles. The Morgan fingerprint density at radius 3 is 1.88 bits per heavy atom. The summed E-state index contributed by atoms with van der Waals surface area (Å²) in [5.74, 6) is -0.522. The number of rotatable bonds is 17. The molecule has 190 valence electrons. The lowest BCUT2D eigenvalue weighted by Gasteiger charge is -2.27. The molecule has 0 amide bonds. The van der Waals surface area contributed by atoms with Crippen LogP contribution in [0.2, 0.25) is 0 Å². The first-order valence-electron chi connectivity index (χ1n) is 11.2. The van der Waals surface area contributed by atoms with Crippen LogP contribution in [0.25, 0.3) is 0 Å². The molecule has 1 aromatic carbocycles. The number of ether oxygens (including phenoxy) is 4. The van der Waals surface area contributed by atoms with Crippen molar-refractivity contribution >= 4 is 24.5 Å². The fourth-order valence-corrected chi connectivity index (χ4v) is 4.74. The van der Waals surface area contributed by atoms with Gasteiger partial charge < -0.3 is 23.5 Å². The lowest BCUT2D eigenvalue weighted by Crippen LogP contribution is -2.26. The molecule has 0 fully saturated rings. The lowest BCUT2D eigenvalue weighted by molar-refractivity contribution is -0.121. The summed E-state index contributed by atoms with van der Waals surface area (Å²) < 4.78 is 48.6. The van der Waals surface area contributed by atoms with E-state index in [2.05, 4.69) is 13.2 Å². The summed E-state index contributed by atoms with van der Waals surface area (Å²) in [4.78, 5) is 24.3. The van der Waals surface area contributed by atoms with Crippen LogP contribution >= 0.6 is 7.60 Å². The zero-order chi connectivity index (χ0) is 25.9. The molecule has 1 aromatic rings. The third-order valence-corrected chi connectivity index (χ3v) is 6.52. The maximum atomic E-state index is 14.0. The minimum atomic E-state index is -4.17. The Kier molecular flexibility index (Phi) is 12.1. The van der Waals surface area contributed by atoms with Crippen LogP contribution in [0, 0.1) is 0 Å². The molecule has 0 radical (unpaired) electrons. The quantitative estimate of drug-likeness (QED) is 0.228. The Bertz CT molecular complexity index is 926. The average molecular weight is 499 g/mol. The summed E-state index contributed by atoms with van der Waals surface area (Å²) in [5.41, 5.74) is 0. The summed E-state index contributed by atoms with van der Waals surface area (Å²) in [6.45, 7) is 17.4. The van der Waals surface area contributed by atoms with Crippen LogP contribution in [-0.2, 0) is 23.2 Å². The van der Waals surface area contributed by atoms with Gasteiger partial charge in [0.2, 0.25) is 11.5 Å². The fraction of sp³-hybridized carbons (Fsp3) is 0.500. The molecule has 0 bridgehead atoms. The zero-order valence-corrected chi connectivity index (χ0v) is 21.6. The molecule has 0 heterocycles. The molecule has 9 nitrogen and oxygen atoms in total. The third kappa shape index (κ3) is 7.19. The van der Waals surface area contributed by atoms with Crippen LogP contribution in [0.3, 0.4) is 0 Å². The van der Waals surface area contributed by atoms with Crippen molar-refractivity contribution in [1.29, 1.82) is 0 Å². The van der Waals surface area contributed by atoms with Gasteiger partial charge in [-0.1, -0.05) is 13.2 Å². The molecule has 0 saturated carbocycles. The molecular weight excluding hydrogens is 463 g/mol. The topological polar surface area (TPSA) is 107 Å². The van der Waals surface area contributed by atoms with E-state index >= 15 is 0 Å². The maximum absolute atomic E-state index is 14.0. The van der Waals surface area contributed by atoms with Gasteiger partial charge in [0.15, 0.2) is 29.2 Å². The lowest BCUT2D eigenvalue weighted by atomic mass is 10.2. The SMILES string of the molecule is C=CC(=O)C(C)Oc1c(OCC)c(OCC)cc(P(=O)(OCC)OC(C)C(=O)C=C)c1OCC. The molecule has 0 spiro atoms. The molecule has 0 N–H and O–H groups in total. The average Bonchev–Trinajstić information content (AvgIpc) is 2.81. The van der Waals surface area contributed by atoms with E-state index in [-0.39, 0.29) is 60.5 Å². The second kappa shape index (κ2) is 13.9. The van der Waals surface area contributed by atoms with E-state index in [0.29, 0.717) is 0 Å². The van der Waals surface area contributed by atoms with Gasteiger partial charge in [-0.2, -0.15) is 0 Å². The number of hydrogen-bond donors (Lipinski definition) is 0. The predicted molar refractivity (Wildman–Crippen MR) is 130 cm³/mol. The number of benzene rings is 1. The summed E-state index contributed by atoms with van der Waals surface area (Å²) >= 11 is 0. The van der Waals surface area contributed by atoms with Gasteiger partial charge in [-0.05, 0) is 53.7 Å². The second-order valence-electron chi connectivity index (χ2n) is 6.82. The van der Waals surface area contributed by atoms with E-state index in [1.165, 1.54) is 19.9 Å². The molecule has 3 atom stereocenters. The van der Waals surface area contributed by atoms with Crippen LogP contribution < -0.4 is 24.3 Å². The first kappa shape index (κ1) is 29.4. The van der Waals surface area contributed by atoms with Crippen molar-refractivity contribution in [3.05, 3.63) is 31.4 Å². The van der Waals surface area contributed by atoms with Crippen molar-refractivity contribution in [3.8, 4) is 23.0 Å². The van der Waals surface area contributed by atoms with Crippen LogP contribution in [-0.4, -0.2) is 50.2 Å². The Morgan fingerprint density at radius 1 is 0.853 bits per heavy atom. The van der Waals surface area contributed by atoms with E-state index < -0.39 is 25.6 Å². The van der Waals surface area contributed by atoms with Gasteiger partial charge in [0, 0.05) is 6.07 Å². The van der Waals surface area contributed by atoms with E-state index in [4.69, 9.17) is 28.0 Å². The van der Waals surface area contributed by atoms with Gasteiger partial charge >= 0.3 is 7.60 Å². The smallest absolute Gasteiger partial charge is 0.366 e. The Morgan fingerprint density at radius 2 is 1.38 bits per heavy atom. The highest BCUT2D eigenvalue weighted by Gasteiger charge is 2.39. The number of carbonyl (C=O) groups is 2. The first-order valence-corrected chi connectivity index (χ1v) is 12.7. The number of ketones is 2. The highest BCUT2D eigenvalue weighted by atomic mass is 31.2. The van der Waals surface area contributed by atoms with Crippen LogP contribution in [0.4, 0.5) is 0 Å². The summed E-state index contributed by atoms with van der Waals surface area (Å²) in [6, 6.07) is 1.42. The van der Waals surface area contributed by atoms with Crippen LogP contribution in [0.1, 0.15) is 41.5 Å². The van der Waals surface area contributed by atoms with Gasteiger partial charge in [0.05, 0.1) is 26.4 Å². The molecule has 0 aliphatic carbocycles. The Hall–Kier alpha value is -2.61. The standard InChI is InChI=1S/C24H35O9P/c1-9-18(25)16(7)32-24-22(29-12-4)20(28-11-3)15-21(23(24)30-13-5)34(27,31-14-6)33-17(8)19(26)10-2/h9-10,15-17H,1-2,11-14H2,3-8H3. The molecular formula is C24H35O9P. The van der Waals surface area contributed by atoms with Crippen LogP contribution in [0.5, 0.6) is 23.0 Å². The van der Waals surface area contributed by atoms with Crippen LogP contribution in [0.15, 0.2) is 31.4 Å². The van der Waals surface area contributed by atoms with E-state index in [1.807, 2.05) is 0 Å². The molecule has 0 aliphatic rings.